The summed E-state index contributed by atoms with van der Waals surface area (Å²) in [5.41, 5.74) is -1.55. The van der Waals surface area contributed by atoms with Crippen molar-refractivity contribution < 1.29 is 123 Å². The number of esters is 11. The van der Waals surface area contributed by atoms with E-state index in [0.29, 0.717) is 0 Å². The van der Waals surface area contributed by atoms with Gasteiger partial charge in [-0.25, -0.2) is 4.79 Å². The first-order valence-corrected chi connectivity index (χ1v) is 24.2. The van der Waals surface area contributed by atoms with Crippen LogP contribution in [0, 0.1) is 0 Å². The monoisotopic (exact) mass is 1180 g/mol. The minimum atomic E-state index is -1.20. The van der Waals surface area contributed by atoms with Crippen LogP contribution in [0.1, 0.15) is 51.9 Å². The van der Waals surface area contributed by atoms with Crippen molar-refractivity contribution in [3.05, 3.63) is 62.2 Å². The number of fused-ring (bicyclic) bond motifs is 2. The van der Waals surface area contributed by atoms with E-state index in [1.165, 1.54) is 29.2 Å². The van der Waals surface area contributed by atoms with Gasteiger partial charge in [0.25, 0.3) is 0 Å². The lowest BCUT2D eigenvalue weighted by atomic mass is 9.90. The lowest BCUT2D eigenvalue weighted by Crippen LogP contribution is -2.39. The summed E-state index contributed by atoms with van der Waals surface area (Å²) in [6, 6.07) is 7.16. The number of hydrogen-bond donors (Lipinski definition) is 0. The third-order valence-corrected chi connectivity index (χ3v) is 10.6. The number of hydrogen-bond acceptors (Lipinski definition) is 29. The Kier molecular flexibility index (Phi) is 25.8. The minimum absolute atomic E-state index is 0.00190. The van der Waals surface area contributed by atoms with Crippen LogP contribution in [0.25, 0.3) is 33.4 Å². The van der Waals surface area contributed by atoms with E-state index in [-0.39, 0.29) is 80.4 Å². The van der Waals surface area contributed by atoms with Gasteiger partial charge in [0.05, 0.1) is 47.6 Å². The van der Waals surface area contributed by atoms with Crippen molar-refractivity contribution in [2.75, 3.05) is 98.2 Å². The van der Waals surface area contributed by atoms with Gasteiger partial charge in [-0.3, -0.25) is 57.6 Å². The molecule has 438 valence electrons. The molecule has 0 saturated carbocycles. The number of nitrogens with zero attached hydrogens (tertiary/aromatic N) is 2. The van der Waals surface area contributed by atoms with Gasteiger partial charge in [0.15, 0.2) is 0 Å². The predicted molar refractivity (Wildman–Crippen MR) is 270 cm³/mol. The van der Waals surface area contributed by atoms with Crippen molar-refractivity contribution in [3.8, 4) is 33.9 Å². The van der Waals surface area contributed by atoms with Crippen molar-refractivity contribution >= 4 is 106 Å². The van der Waals surface area contributed by atoms with Gasteiger partial charge in [0, 0.05) is 76.7 Å². The molecule has 1 heterocycles. The number of ether oxygens (including phenoxy) is 14. The summed E-state index contributed by atoms with van der Waals surface area (Å²) in [5.74, 6) is -10.5. The molecule has 2 aliphatic rings. The molecule has 0 bridgehead atoms. The molecule has 1 aliphatic carbocycles. The molecule has 0 amide bonds. The summed E-state index contributed by atoms with van der Waals surface area (Å²) < 4.78 is 77.5. The molecule has 2 aromatic carbocycles. The van der Waals surface area contributed by atoms with E-state index in [0.717, 1.165) is 58.6 Å². The molecule has 0 spiro atoms. The standard InChI is InChI=1S/C50H52Cl2N2O27/c1-27(55)69-21-75-43-16-42-36(12-38(43)52)49(35-11-37(51)40(61)15-41(35)81-42)33-13-39(54(19-47(64)78-24-72-30(4)58)20-48(65)79-25-73-31(5)59)44(14-34(33)50(66)80-26-74-32(6)60)68-10-9-67-8-7-53(17-45(62)76-22-70-28(2)56)18-46(63)77-23-71-29(3)57/h11-16H,7-10,17-26H2,1-6H3. The SMILES string of the molecule is CC(=O)OCOC(=O)CN(CCOCCOc1cc(C(=O)OCOC(C)=O)c(-c2c3cc(Cl)c(=O)cc-3oc3cc(OCOC(C)=O)c(Cl)cc23)cc1N(CC(=O)OCOC(C)=O)CC(=O)OCOC(C)=O)CC(=O)OCOC(C)=O. The maximum atomic E-state index is 14.4. The van der Waals surface area contributed by atoms with Crippen molar-refractivity contribution in [2.45, 2.75) is 41.5 Å². The third kappa shape index (κ3) is 22.1. The Bertz CT molecular complexity index is 2940. The fraction of sp³-hybridized carbons (Fsp3) is 0.400. The van der Waals surface area contributed by atoms with Gasteiger partial charge >= 0.3 is 65.7 Å². The number of anilines is 1. The Labute approximate surface area is 468 Å². The molecular weight excluding hydrogens is 1130 g/mol. The summed E-state index contributed by atoms with van der Waals surface area (Å²) >= 11 is 13.2. The molecule has 0 fully saturated rings. The molecule has 2 aromatic rings. The molecule has 0 atom stereocenters. The fourth-order valence-electron chi connectivity index (χ4n) is 6.54. The van der Waals surface area contributed by atoms with Crippen LogP contribution in [0.15, 0.2) is 45.6 Å². The van der Waals surface area contributed by atoms with E-state index in [9.17, 15) is 57.5 Å². The van der Waals surface area contributed by atoms with Crippen LogP contribution in [0.5, 0.6) is 11.5 Å². The van der Waals surface area contributed by atoms with Crippen molar-refractivity contribution in [1.29, 1.82) is 0 Å². The molecule has 29 nitrogen and oxygen atoms in total. The first-order chi connectivity index (χ1) is 38.4. The average Bonchev–Trinajstić information content (AvgIpc) is 3.57. The molecule has 0 unspecified atom stereocenters. The van der Waals surface area contributed by atoms with Crippen molar-refractivity contribution in [1.82, 2.24) is 4.90 Å². The molecule has 31 heteroatoms. The summed E-state index contributed by atoms with van der Waals surface area (Å²) in [4.78, 5) is 151. The van der Waals surface area contributed by atoms with E-state index >= 15 is 0 Å². The second-order valence-corrected chi connectivity index (χ2v) is 16.9. The zero-order valence-corrected chi connectivity index (χ0v) is 45.5. The molecule has 1 aliphatic heterocycles. The van der Waals surface area contributed by atoms with Crippen LogP contribution in [0.4, 0.5) is 5.69 Å². The summed E-state index contributed by atoms with van der Waals surface area (Å²) in [6.07, 6.45) is 0. The largest absolute Gasteiger partial charge is 0.489 e. The van der Waals surface area contributed by atoms with Gasteiger partial charge in [-0.05, 0) is 29.8 Å². The van der Waals surface area contributed by atoms with Gasteiger partial charge in [-0.15, -0.1) is 0 Å². The highest BCUT2D eigenvalue weighted by molar-refractivity contribution is 6.33. The second-order valence-electron chi connectivity index (χ2n) is 16.1. The van der Waals surface area contributed by atoms with Crippen LogP contribution >= 0.6 is 23.2 Å². The maximum absolute atomic E-state index is 14.4. The number of rotatable bonds is 31. The predicted octanol–water partition coefficient (Wildman–Crippen LogP) is 3.21. The molecular formula is C50H52Cl2N2O27. The van der Waals surface area contributed by atoms with Crippen LogP contribution < -0.4 is 19.8 Å². The molecule has 4 rings (SSSR count). The van der Waals surface area contributed by atoms with Crippen LogP contribution in [0.2, 0.25) is 10.0 Å². The summed E-state index contributed by atoms with van der Waals surface area (Å²) in [7, 11) is 0. The lowest BCUT2D eigenvalue weighted by Gasteiger charge is -2.27. The van der Waals surface area contributed by atoms with E-state index in [4.69, 9.17) is 84.5 Å². The maximum Gasteiger partial charge on any atom is 0.341 e. The van der Waals surface area contributed by atoms with Crippen LogP contribution in [-0.2, 0) is 105 Å². The normalized spacial score (nSPS) is 10.7. The average molecular weight is 1180 g/mol. The van der Waals surface area contributed by atoms with Crippen LogP contribution in [0.3, 0.4) is 0 Å². The topological polar surface area (TPSA) is 354 Å². The van der Waals surface area contributed by atoms with E-state index in [1.54, 1.807) is 0 Å². The summed E-state index contributed by atoms with van der Waals surface area (Å²) in [5, 5.41) is -0.383. The van der Waals surface area contributed by atoms with Crippen molar-refractivity contribution in [2.24, 2.45) is 0 Å². The van der Waals surface area contributed by atoms with Crippen LogP contribution in [-0.4, -0.2) is 164 Å². The quantitative estimate of drug-likeness (QED) is 0.0229. The Morgan fingerprint density at radius 1 is 0.469 bits per heavy atom. The fourth-order valence-corrected chi connectivity index (χ4v) is 6.92. The molecule has 0 saturated heterocycles. The number of carbonyl (C=O) groups excluding carboxylic acids is 11. The number of carbonyl (C=O) groups is 11. The van der Waals surface area contributed by atoms with Gasteiger partial charge < -0.3 is 75.6 Å². The summed E-state index contributed by atoms with van der Waals surface area (Å²) in [6.45, 7) is -2.34. The smallest absolute Gasteiger partial charge is 0.341 e. The Morgan fingerprint density at radius 2 is 0.951 bits per heavy atom. The Morgan fingerprint density at radius 3 is 1.46 bits per heavy atom. The molecule has 0 N–H and O–H groups in total. The van der Waals surface area contributed by atoms with E-state index in [1.807, 2.05) is 0 Å². The lowest BCUT2D eigenvalue weighted by molar-refractivity contribution is -0.170. The molecule has 81 heavy (non-hydrogen) atoms. The first-order valence-electron chi connectivity index (χ1n) is 23.4. The first kappa shape index (κ1) is 64.7. The highest BCUT2D eigenvalue weighted by Crippen LogP contribution is 2.47. The Balaban J connectivity index is 1.92. The third-order valence-electron chi connectivity index (χ3n) is 10.00. The van der Waals surface area contributed by atoms with Gasteiger partial charge in [0.1, 0.15) is 42.5 Å². The number of halogens is 2. The molecule has 0 radical (unpaired) electrons. The Hall–Kier alpha value is -8.80. The molecule has 0 aromatic heterocycles. The second kappa shape index (κ2) is 32.3. The number of benzene rings is 3. The minimum Gasteiger partial charge on any atom is -0.489 e. The zero-order chi connectivity index (χ0) is 59.8. The van der Waals surface area contributed by atoms with E-state index < -0.39 is 150 Å². The van der Waals surface area contributed by atoms with Gasteiger partial charge in [0.2, 0.25) is 46.2 Å². The van der Waals surface area contributed by atoms with Gasteiger partial charge in [-0.2, -0.15) is 0 Å². The van der Waals surface area contributed by atoms with Gasteiger partial charge in [-0.1, -0.05) is 23.2 Å². The zero-order valence-electron chi connectivity index (χ0n) is 44.0. The highest BCUT2D eigenvalue weighted by Gasteiger charge is 2.30. The van der Waals surface area contributed by atoms with Crippen molar-refractivity contribution in [3.63, 3.8) is 0 Å². The van der Waals surface area contributed by atoms with E-state index in [2.05, 4.69) is 9.47 Å². The highest BCUT2D eigenvalue weighted by atomic mass is 35.5.